The van der Waals surface area contributed by atoms with Crippen LogP contribution in [0, 0.1) is 5.92 Å². The maximum Gasteiger partial charge on any atom is 0.305 e. The fourth-order valence-electron chi connectivity index (χ4n) is 1.50. The summed E-state index contributed by atoms with van der Waals surface area (Å²) in [6.07, 6.45) is 3.45. The minimum atomic E-state index is -0.125. The van der Waals surface area contributed by atoms with Crippen LogP contribution >= 0.6 is 0 Å². The van der Waals surface area contributed by atoms with Crippen LogP contribution in [0.15, 0.2) is 4.99 Å². The lowest BCUT2D eigenvalue weighted by Crippen LogP contribution is -2.38. The van der Waals surface area contributed by atoms with E-state index in [1.807, 2.05) is 0 Å². The van der Waals surface area contributed by atoms with Crippen molar-refractivity contribution < 1.29 is 9.53 Å². The monoisotopic (exact) mass is 271 g/mol. The van der Waals surface area contributed by atoms with E-state index in [1.54, 1.807) is 0 Å². The molecule has 0 rings (SSSR count). The molecule has 0 saturated carbocycles. The van der Waals surface area contributed by atoms with E-state index < -0.39 is 0 Å². The second-order valence-corrected chi connectivity index (χ2v) is 4.93. The van der Waals surface area contributed by atoms with Crippen LogP contribution in [0.1, 0.15) is 46.5 Å². The summed E-state index contributed by atoms with van der Waals surface area (Å²) in [4.78, 5) is 15.4. The molecule has 0 radical (unpaired) electrons. The van der Waals surface area contributed by atoms with Gasteiger partial charge in [-0.25, -0.2) is 0 Å². The molecule has 0 saturated heterocycles. The van der Waals surface area contributed by atoms with Gasteiger partial charge in [-0.2, -0.15) is 0 Å². The third-order valence-corrected chi connectivity index (χ3v) is 2.54. The number of hydrogen-bond acceptors (Lipinski definition) is 3. The first-order chi connectivity index (χ1) is 9.10. The molecule has 0 aliphatic heterocycles. The van der Waals surface area contributed by atoms with Crippen molar-refractivity contribution >= 4 is 11.9 Å². The van der Waals surface area contributed by atoms with Gasteiger partial charge in [-0.1, -0.05) is 20.3 Å². The second-order valence-electron chi connectivity index (χ2n) is 4.93. The standard InChI is InChI=1S/C14H29N3O2/c1-5-15-14(17-11-12(2)3)16-10-8-6-7-9-13(18)19-4/h12H,5-11H2,1-4H3,(H2,15,16,17). The summed E-state index contributed by atoms with van der Waals surface area (Å²) < 4.78 is 4.60. The Morgan fingerprint density at radius 3 is 2.53 bits per heavy atom. The predicted octanol–water partition coefficient (Wildman–Crippen LogP) is 1.93. The average Bonchev–Trinajstić information content (AvgIpc) is 2.39. The van der Waals surface area contributed by atoms with Crippen molar-refractivity contribution in [3.63, 3.8) is 0 Å². The number of methoxy groups -OCH3 is 1. The maximum atomic E-state index is 10.9. The zero-order chi connectivity index (χ0) is 14.5. The summed E-state index contributed by atoms with van der Waals surface area (Å²) in [6, 6.07) is 0. The van der Waals surface area contributed by atoms with Gasteiger partial charge < -0.3 is 15.4 Å². The Morgan fingerprint density at radius 1 is 1.21 bits per heavy atom. The molecule has 0 spiro atoms. The number of guanidine groups is 1. The fourth-order valence-corrected chi connectivity index (χ4v) is 1.50. The number of carbonyl (C=O) groups excluding carboxylic acids is 1. The van der Waals surface area contributed by atoms with Crippen molar-refractivity contribution in [2.75, 3.05) is 26.7 Å². The van der Waals surface area contributed by atoms with Crippen LogP contribution in [-0.2, 0) is 9.53 Å². The van der Waals surface area contributed by atoms with Crippen molar-refractivity contribution in [3.05, 3.63) is 0 Å². The van der Waals surface area contributed by atoms with Gasteiger partial charge in [-0.15, -0.1) is 0 Å². The first-order valence-electron chi connectivity index (χ1n) is 7.19. The lowest BCUT2D eigenvalue weighted by molar-refractivity contribution is -0.140. The normalized spacial score (nSPS) is 11.5. The largest absolute Gasteiger partial charge is 0.469 e. The average molecular weight is 271 g/mol. The van der Waals surface area contributed by atoms with Gasteiger partial charge in [0.1, 0.15) is 0 Å². The zero-order valence-electron chi connectivity index (χ0n) is 12.8. The van der Waals surface area contributed by atoms with Crippen LogP contribution < -0.4 is 10.6 Å². The van der Waals surface area contributed by atoms with Gasteiger partial charge in [-0.3, -0.25) is 9.79 Å². The summed E-state index contributed by atoms with van der Waals surface area (Å²) in [5, 5.41) is 6.52. The van der Waals surface area contributed by atoms with Gasteiger partial charge in [0.2, 0.25) is 0 Å². The van der Waals surface area contributed by atoms with Gasteiger partial charge in [0.25, 0.3) is 0 Å². The summed E-state index contributed by atoms with van der Waals surface area (Å²) in [7, 11) is 1.43. The van der Waals surface area contributed by atoms with E-state index in [-0.39, 0.29) is 5.97 Å². The molecule has 5 nitrogen and oxygen atoms in total. The Balaban J connectivity index is 3.69. The second kappa shape index (κ2) is 11.8. The number of ether oxygens (including phenoxy) is 1. The number of nitrogens with one attached hydrogen (secondary N) is 2. The molecule has 0 atom stereocenters. The van der Waals surface area contributed by atoms with E-state index in [1.165, 1.54) is 7.11 Å². The molecule has 0 aromatic heterocycles. The molecule has 19 heavy (non-hydrogen) atoms. The van der Waals surface area contributed by atoms with Gasteiger partial charge in [-0.05, 0) is 25.7 Å². The first kappa shape index (κ1) is 17.7. The molecule has 0 aliphatic carbocycles. The third kappa shape index (κ3) is 11.6. The van der Waals surface area contributed by atoms with E-state index in [0.717, 1.165) is 44.9 Å². The molecule has 0 bridgehead atoms. The lowest BCUT2D eigenvalue weighted by Gasteiger charge is -2.11. The minimum absolute atomic E-state index is 0.125. The van der Waals surface area contributed by atoms with Gasteiger partial charge >= 0.3 is 5.97 Å². The molecule has 0 amide bonds. The Hall–Kier alpha value is -1.26. The molecule has 0 aromatic carbocycles. The van der Waals surface area contributed by atoms with Crippen molar-refractivity contribution in [1.29, 1.82) is 0 Å². The summed E-state index contributed by atoms with van der Waals surface area (Å²) in [6.45, 7) is 8.94. The van der Waals surface area contributed by atoms with E-state index in [2.05, 4.69) is 41.1 Å². The molecular formula is C14H29N3O2. The molecule has 0 fully saturated rings. The topological polar surface area (TPSA) is 62.7 Å². The lowest BCUT2D eigenvalue weighted by atomic mass is 10.2. The number of aliphatic imine (C=N–C) groups is 1. The zero-order valence-corrected chi connectivity index (χ0v) is 12.8. The van der Waals surface area contributed by atoms with Crippen LogP contribution in [0.4, 0.5) is 0 Å². The summed E-state index contributed by atoms with van der Waals surface area (Å²) >= 11 is 0. The maximum absolute atomic E-state index is 10.9. The highest BCUT2D eigenvalue weighted by atomic mass is 16.5. The quantitative estimate of drug-likeness (QED) is 0.291. The number of hydrogen-bond donors (Lipinski definition) is 2. The van der Waals surface area contributed by atoms with Crippen LogP contribution in [0.2, 0.25) is 0 Å². The van der Waals surface area contributed by atoms with E-state index >= 15 is 0 Å². The van der Waals surface area contributed by atoms with Crippen LogP contribution in [0.25, 0.3) is 0 Å². The first-order valence-corrected chi connectivity index (χ1v) is 7.19. The highest BCUT2D eigenvalue weighted by Crippen LogP contribution is 2.00. The predicted molar refractivity (Wildman–Crippen MR) is 79.3 cm³/mol. The van der Waals surface area contributed by atoms with Crippen molar-refractivity contribution in [2.45, 2.75) is 46.5 Å². The summed E-state index contributed by atoms with van der Waals surface area (Å²) in [5.41, 5.74) is 0. The van der Waals surface area contributed by atoms with Crippen LogP contribution in [-0.4, -0.2) is 38.7 Å². The Labute approximate surface area is 117 Å². The Kier molecular flexibility index (Phi) is 11.0. The highest BCUT2D eigenvalue weighted by molar-refractivity contribution is 5.79. The minimum Gasteiger partial charge on any atom is -0.469 e. The number of nitrogens with zero attached hydrogens (tertiary/aromatic N) is 1. The molecule has 0 aromatic rings. The highest BCUT2D eigenvalue weighted by Gasteiger charge is 2.00. The molecule has 112 valence electrons. The Bertz CT molecular complexity index is 265. The molecule has 0 aliphatic rings. The van der Waals surface area contributed by atoms with Crippen molar-refractivity contribution in [1.82, 2.24) is 10.6 Å². The fraction of sp³-hybridized carbons (Fsp3) is 0.857. The number of carbonyl (C=O) groups is 1. The van der Waals surface area contributed by atoms with Crippen LogP contribution in [0.5, 0.6) is 0 Å². The van der Waals surface area contributed by atoms with E-state index in [9.17, 15) is 4.79 Å². The van der Waals surface area contributed by atoms with Gasteiger partial charge in [0.15, 0.2) is 5.96 Å². The van der Waals surface area contributed by atoms with Crippen molar-refractivity contribution in [2.24, 2.45) is 10.9 Å². The molecule has 5 heteroatoms. The third-order valence-electron chi connectivity index (χ3n) is 2.54. The molecule has 0 unspecified atom stereocenters. The van der Waals surface area contributed by atoms with Crippen LogP contribution in [0.3, 0.4) is 0 Å². The van der Waals surface area contributed by atoms with E-state index in [0.29, 0.717) is 12.3 Å². The number of rotatable bonds is 9. The van der Waals surface area contributed by atoms with Gasteiger partial charge in [0.05, 0.1) is 7.11 Å². The number of unbranched alkanes of at least 4 members (excludes halogenated alkanes) is 2. The molecule has 2 N–H and O–H groups in total. The van der Waals surface area contributed by atoms with Gasteiger partial charge in [0, 0.05) is 26.1 Å². The van der Waals surface area contributed by atoms with Crippen molar-refractivity contribution in [3.8, 4) is 0 Å². The number of esters is 1. The van der Waals surface area contributed by atoms with E-state index in [4.69, 9.17) is 0 Å². The summed E-state index contributed by atoms with van der Waals surface area (Å²) in [5.74, 6) is 1.32. The Morgan fingerprint density at radius 2 is 1.95 bits per heavy atom. The smallest absolute Gasteiger partial charge is 0.305 e. The molecular weight excluding hydrogens is 242 g/mol. The molecule has 0 heterocycles. The SMILES string of the molecule is CCNC(=NCC(C)C)NCCCCCC(=O)OC.